The van der Waals surface area contributed by atoms with Crippen molar-refractivity contribution in [3.05, 3.63) is 29.8 Å². The van der Waals surface area contributed by atoms with Crippen molar-refractivity contribution in [1.82, 2.24) is 15.4 Å². The summed E-state index contributed by atoms with van der Waals surface area (Å²) in [5.41, 5.74) is 0.203. The van der Waals surface area contributed by atoms with E-state index < -0.39 is 15.9 Å². The maximum Gasteiger partial charge on any atom is 0.251 e. The molecule has 1 aromatic rings. The molecule has 7 nitrogen and oxygen atoms in total. The van der Waals surface area contributed by atoms with Gasteiger partial charge in [-0.1, -0.05) is 25.8 Å². The molecule has 0 radical (unpaired) electrons. The zero-order valence-electron chi connectivity index (χ0n) is 13.6. The lowest BCUT2D eigenvalue weighted by Crippen LogP contribution is -2.36. The Morgan fingerprint density at radius 3 is 2.50 bits per heavy atom. The van der Waals surface area contributed by atoms with E-state index in [1.165, 1.54) is 24.3 Å². The summed E-state index contributed by atoms with van der Waals surface area (Å²) in [5, 5.41) is 5.28. The van der Waals surface area contributed by atoms with E-state index in [1.807, 2.05) is 0 Å². The molecular formula is C16H21N3O4S. The van der Waals surface area contributed by atoms with Crippen LogP contribution in [-0.4, -0.2) is 39.9 Å². The topological polar surface area (TPSA) is 104 Å². The average Bonchev–Trinajstić information content (AvgIpc) is 2.56. The van der Waals surface area contributed by atoms with Gasteiger partial charge in [0.15, 0.2) is 0 Å². The van der Waals surface area contributed by atoms with Crippen molar-refractivity contribution in [1.29, 1.82) is 0 Å². The fraction of sp³-hybridized carbons (Fsp3) is 0.375. The molecule has 24 heavy (non-hydrogen) atoms. The molecule has 0 bridgehead atoms. The van der Waals surface area contributed by atoms with Crippen LogP contribution in [0.25, 0.3) is 0 Å². The molecule has 8 heteroatoms. The van der Waals surface area contributed by atoms with Crippen LogP contribution in [0.15, 0.2) is 29.2 Å². The van der Waals surface area contributed by atoms with Crippen LogP contribution < -0.4 is 15.4 Å². The van der Waals surface area contributed by atoms with Crippen LogP contribution in [0.3, 0.4) is 0 Å². The van der Waals surface area contributed by atoms with Gasteiger partial charge < -0.3 is 10.6 Å². The van der Waals surface area contributed by atoms with Crippen LogP contribution in [0, 0.1) is 18.3 Å². The lowest BCUT2D eigenvalue weighted by Gasteiger charge is -2.10. The highest BCUT2D eigenvalue weighted by Gasteiger charge is 2.15. The first-order valence-electron chi connectivity index (χ1n) is 7.37. The van der Waals surface area contributed by atoms with Crippen molar-refractivity contribution < 1.29 is 18.0 Å². The lowest BCUT2D eigenvalue weighted by molar-refractivity contribution is -0.123. The van der Waals surface area contributed by atoms with Crippen LogP contribution >= 0.6 is 0 Å². The smallest absolute Gasteiger partial charge is 0.251 e. The largest absolute Gasteiger partial charge is 0.354 e. The third-order valence-electron chi connectivity index (χ3n) is 3.00. The molecule has 3 N–H and O–H groups in total. The Morgan fingerprint density at radius 2 is 1.88 bits per heavy atom. The van der Waals surface area contributed by atoms with Crippen LogP contribution in [0.4, 0.5) is 0 Å². The molecule has 2 amide bonds. The first kappa shape index (κ1) is 19.7. The van der Waals surface area contributed by atoms with E-state index in [4.69, 9.17) is 6.42 Å². The van der Waals surface area contributed by atoms with Gasteiger partial charge in [-0.15, -0.1) is 6.42 Å². The van der Waals surface area contributed by atoms with Crippen LogP contribution in [0.1, 0.15) is 24.2 Å². The average molecular weight is 351 g/mol. The summed E-state index contributed by atoms with van der Waals surface area (Å²) in [6, 6.07) is 5.61. The van der Waals surface area contributed by atoms with E-state index in [2.05, 4.69) is 21.3 Å². The van der Waals surface area contributed by atoms with Gasteiger partial charge in [-0.05, 0) is 18.2 Å². The number of carbonyl (C=O) groups excluding carboxylic acids is 2. The maximum atomic E-state index is 12.0. The number of amides is 2. The second-order valence-corrected chi connectivity index (χ2v) is 7.03. The molecule has 0 saturated heterocycles. The summed E-state index contributed by atoms with van der Waals surface area (Å²) in [7, 11) is -3.75. The summed E-state index contributed by atoms with van der Waals surface area (Å²) in [5.74, 6) is 1.52. The molecule has 0 spiro atoms. The van der Waals surface area contributed by atoms with Gasteiger partial charge in [-0.25, -0.2) is 8.42 Å². The van der Waals surface area contributed by atoms with Crippen molar-refractivity contribution >= 4 is 21.8 Å². The molecule has 0 atom stereocenters. The minimum Gasteiger partial charge on any atom is -0.354 e. The van der Waals surface area contributed by atoms with Crippen molar-refractivity contribution in [3.63, 3.8) is 0 Å². The van der Waals surface area contributed by atoms with Gasteiger partial charge in [0.2, 0.25) is 15.9 Å². The minimum absolute atomic E-state index is 0.0430. The van der Waals surface area contributed by atoms with Crippen LogP contribution in [0.5, 0.6) is 0 Å². The van der Waals surface area contributed by atoms with E-state index in [9.17, 15) is 18.0 Å². The summed E-state index contributed by atoms with van der Waals surface area (Å²) in [4.78, 5) is 23.4. The fourth-order valence-corrected chi connectivity index (χ4v) is 2.67. The SMILES string of the molecule is C#CCNS(=O)(=O)c1cccc(C(=O)NCCNC(=O)C(C)C)c1. The summed E-state index contributed by atoms with van der Waals surface area (Å²) in [6.07, 6.45) is 5.03. The van der Waals surface area contributed by atoms with Gasteiger partial charge in [0, 0.05) is 24.6 Å². The van der Waals surface area contributed by atoms with E-state index in [-0.39, 0.29) is 35.4 Å². The molecule has 1 aromatic carbocycles. The summed E-state index contributed by atoms with van der Waals surface area (Å²) in [6.45, 7) is 3.95. The Hall–Kier alpha value is -2.37. The maximum absolute atomic E-state index is 12.0. The van der Waals surface area contributed by atoms with E-state index >= 15 is 0 Å². The van der Waals surface area contributed by atoms with Crippen LogP contribution in [-0.2, 0) is 14.8 Å². The lowest BCUT2D eigenvalue weighted by atomic mass is 10.2. The predicted molar refractivity (Wildman–Crippen MR) is 90.6 cm³/mol. The van der Waals surface area contributed by atoms with E-state index in [0.29, 0.717) is 6.54 Å². The second-order valence-electron chi connectivity index (χ2n) is 5.26. The van der Waals surface area contributed by atoms with Gasteiger partial charge in [0.05, 0.1) is 11.4 Å². The molecule has 0 aliphatic rings. The van der Waals surface area contributed by atoms with Crippen molar-refractivity contribution in [2.45, 2.75) is 18.7 Å². The molecule has 1 rings (SSSR count). The minimum atomic E-state index is -3.75. The first-order valence-corrected chi connectivity index (χ1v) is 8.85. The molecule has 0 heterocycles. The summed E-state index contributed by atoms with van der Waals surface area (Å²) < 4.78 is 26.2. The molecule has 0 aromatic heterocycles. The molecule has 0 aliphatic heterocycles. The monoisotopic (exact) mass is 351 g/mol. The number of hydrogen-bond acceptors (Lipinski definition) is 4. The van der Waals surface area contributed by atoms with Gasteiger partial charge in [-0.2, -0.15) is 4.72 Å². The molecule has 0 saturated carbocycles. The highest BCUT2D eigenvalue weighted by molar-refractivity contribution is 7.89. The van der Waals surface area contributed by atoms with E-state index in [1.54, 1.807) is 13.8 Å². The van der Waals surface area contributed by atoms with Gasteiger partial charge in [0.1, 0.15) is 0 Å². The highest BCUT2D eigenvalue weighted by atomic mass is 32.2. The highest BCUT2D eigenvalue weighted by Crippen LogP contribution is 2.11. The Balaban J connectivity index is 2.65. The quantitative estimate of drug-likeness (QED) is 0.456. The fourth-order valence-electron chi connectivity index (χ4n) is 1.69. The first-order chi connectivity index (χ1) is 11.3. The zero-order chi connectivity index (χ0) is 18.2. The van der Waals surface area contributed by atoms with Gasteiger partial charge in [0.25, 0.3) is 5.91 Å². The molecule has 0 unspecified atom stereocenters. The van der Waals surface area contributed by atoms with Gasteiger partial charge >= 0.3 is 0 Å². The third-order valence-corrected chi connectivity index (χ3v) is 4.40. The molecule has 130 valence electrons. The van der Waals surface area contributed by atoms with Crippen molar-refractivity contribution in [2.75, 3.05) is 19.6 Å². The Morgan fingerprint density at radius 1 is 1.21 bits per heavy atom. The Labute approximate surface area is 142 Å². The standard InChI is InChI=1S/C16H21N3O4S/c1-4-8-19-24(22,23)14-7-5-6-13(11-14)16(21)18-10-9-17-15(20)12(2)3/h1,5-7,11-12,19H,8-10H2,2-3H3,(H,17,20)(H,18,21). The summed E-state index contributed by atoms with van der Waals surface area (Å²) >= 11 is 0. The number of hydrogen-bond donors (Lipinski definition) is 3. The molecule has 0 fully saturated rings. The Kier molecular flexibility index (Phi) is 7.42. The van der Waals surface area contributed by atoms with Crippen molar-refractivity contribution in [3.8, 4) is 12.3 Å². The number of benzene rings is 1. The number of rotatable bonds is 8. The zero-order valence-corrected chi connectivity index (χ0v) is 14.4. The Bertz CT molecular complexity index is 736. The predicted octanol–water partition coefficient (Wildman–Crippen LogP) is 0.100. The molecule has 0 aliphatic carbocycles. The van der Waals surface area contributed by atoms with Crippen LogP contribution in [0.2, 0.25) is 0 Å². The van der Waals surface area contributed by atoms with Crippen molar-refractivity contribution in [2.24, 2.45) is 5.92 Å². The molecular weight excluding hydrogens is 330 g/mol. The second kappa shape index (κ2) is 9.05. The number of carbonyl (C=O) groups is 2. The number of sulfonamides is 1. The number of nitrogens with one attached hydrogen (secondary N) is 3. The van der Waals surface area contributed by atoms with Gasteiger partial charge in [-0.3, -0.25) is 9.59 Å². The number of terminal acetylenes is 1. The van der Waals surface area contributed by atoms with E-state index in [0.717, 1.165) is 0 Å². The third kappa shape index (κ3) is 6.02. The normalized spacial score (nSPS) is 10.9.